The van der Waals surface area contributed by atoms with Crippen LogP contribution in [-0.4, -0.2) is 25.3 Å². The largest absolute Gasteiger partial charge is 0.490 e. The highest BCUT2D eigenvalue weighted by Crippen LogP contribution is 2.48. The van der Waals surface area contributed by atoms with Crippen molar-refractivity contribution in [2.24, 2.45) is 5.92 Å². The zero-order valence-corrected chi connectivity index (χ0v) is 12.7. The maximum absolute atomic E-state index is 6.30. The standard InChI is InChI=1S/C16H22ClNO2/c1-2-19-15-9-13(17)3-4-14(15)20-16(6-7-16)10-12-5-8-18-11-12/h3-4,9,12,18H,2,5-8,10-11H2,1H3. The lowest BCUT2D eigenvalue weighted by atomic mass is 9.99. The molecule has 1 aromatic carbocycles. The molecule has 1 heterocycles. The normalized spacial score (nSPS) is 23.6. The molecule has 0 spiro atoms. The molecule has 0 amide bonds. The van der Waals surface area contributed by atoms with Gasteiger partial charge in [0.15, 0.2) is 11.5 Å². The van der Waals surface area contributed by atoms with Crippen LogP contribution in [0.15, 0.2) is 18.2 Å². The molecule has 1 saturated heterocycles. The van der Waals surface area contributed by atoms with E-state index in [-0.39, 0.29) is 5.60 Å². The minimum Gasteiger partial charge on any atom is -0.490 e. The molecule has 0 radical (unpaired) electrons. The number of halogens is 1. The number of nitrogens with one attached hydrogen (secondary N) is 1. The summed E-state index contributed by atoms with van der Waals surface area (Å²) in [6.45, 7) is 4.87. The summed E-state index contributed by atoms with van der Waals surface area (Å²) in [4.78, 5) is 0. The summed E-state index contributed by atoms with van der Waals surface area (Å²) in [5.74, 6) is 2.34. The summed E-state index contributed by atoms with van der Waals surface area (Å²) in [7, 11) is 0. The Morgan fingerprint density at radius 3 is 2.85 bits per heavy atom. The molecule has 20 heavy (non-hydrogen) atoms. The van der Waals surface area contributed by atoms with Crippen LogP contribution in [0, 0.1) is 5.92 Å². The second kappa shape index (κ2) is 5.82. The Hall–Kier alpha value is -0.930. The highest BCUT2D eigenvalue weighted by Gasteiger charge is 2.47. The Kier molecular flexibility index (Phi) is 4.08. The molecule has 1 aromatic rings. The zero-order chi connectivity index (χ0) is 14.0. The fraction of sp³-hybridized carbons (Fsp3) is 0.625. The summed E-state index contributed by atoms with van der Waals surface area (Å²) in [5, 5.41) is 4.11. The number of benzene rings is 1. The van der Waals surface area contributed by atoms with E-state index in [1.807, 2.05) is 25.1 Å². The van der Waals surface area contributed by atoms with Crippen molar-refractivity contribution < 1.29 is 9.47 Å². The molecule has 1 N–H and O–H groups in total. The summed E-state index contributed by atoms with van der Waals surface area (Å²) in [6.07, 6.45) is 4.72. The van der Waals surface area contributed by atoms with E-state index in [9.17, 15) is 0 Å². The van der Waals surface area contributed by atoms with Crippen molar-refractivity contribution in [1.82, 2.24) is 5.32 Å². The van der Waals surface area contributed by atoms with Gasteiger partial charge >= 0.3 is 0 Å². The maximum Gasteiger partial charge on any atom is 0.162 e. The van der Waals surface area contributed by atoms with Crippen LogP contribution >= 0.6 is 11.6 Å². The van der Waals surface area contributed by atoms with E-state index >= 15 is 0 Å². The van der Waals surface area contributed by atoms with Gasteiger partial charge in [0.2, 0.25) is 0 Å². The lowest BCUT2D eigenvalue weighted by Gasteiger charge is -2.23. The Bertz CT molecular complexity index is 468. The minimum atomic E-state index is 0.0381. The number of ether oxygens (including phenoxy) is 2. The van der Waals surface area contributed by atoms with Crippen molar-refractivity contribution in [2.75, 3.05) is 19.7 Å². The van der Waals surface area contributed by atoms with Crippen LogP contribution in [0.25, 0.3) is 0 Å². The molecule has 1 unspecified atom stereocenters. The second-order valence-electron chi connectivity index (χ2n) is 5.87. The summed E-state index contributed by atoms with van der Waals surface area (Å²) in [5.41, 5.74) is 0.0381. The van der Waals surface area contributed by atoms with E-state index in [1.54, 1.807) is 0 Å². The van der Waals surface area contributed by atoms with Crippen molar-refractivity contribution in [1.29, 1.82) is 0 Å². The van der Waals surface area contributed by atoms with Gasteiger partial charge in [0.05, 0.1) is 6.61 Å². The summed E-state index contributed by atoms with van der Waals surface area (Å²) in [6, 6.07) is 5.64. The second-order valence-corrected chi connectivity index (χ2v) is 6.31. The average Bonchev–Trinajstić information content (AvgIpc) is 2.97. The first-order valence-electron chi connectivity index (χ1n) is 7.53. The Labute approximate surface area is 125 Å². The van der Waals surface area contributed by atoms with Crippen LogP contribution in [0.5, 0.6) is 11.5 Å². The van der Waals surface area contributed by atoms with Crippen LogP contribution < -0.4 is 14.8 Å². The van der Waals surface area contributed by atoms with E-state index < -0.39 is 0 Å². The number of rotatable bonds is 6. The van der Waals surface area contributed by atoms with Gasteiger partial charge in [0.1, 0.15) is 5.60 Å². The van der Waals surface area contributed by atoms with Crippen molar-refractivity contribution in [2.45, 2.75) is 38.2 Å². The molecule has 3 nitrogen and oxygen atoms in total. The third-order valence-electron chi connectivity index (χ3n) is 4.16. The van der Waals surface area contributed by atoms with Crippen LogP contribution in [-0.2, 0) is 0 Å². The first-order chi connectivity index (χ1) is 9.71. The number of hydrogen-bond donors (Lipinski definition) is 1. The van der Waals surface area contributed by atoms with Crippen molar-refractivity contribution in [3.8, 4) is 11.5 Å². The van der Waals surface area contributed by atoms with E-state index in [0.29, 0.717) is 11.6 Å². The Morgan fingerprint density at radius 2 is 2.20 bits per heavy atom. The highest BCUT2D eigenvalue weighted by molar-refractivity contribution is 6.30. The molecule has 2 aliphatic rings. The first kappa shape index (κ1) is 14.0. The fourth-order valence-electron chi connectivity index (χ4n) is 2.97. The van der Waals surface area contributed by atoms with Crippen LogP contribution in [0.2, 0.25) is 5.02 Å². The van der Waals surface area contributed by atoms with Gasteiger partial charge in [-0.3, -0.25) is 0 Å². The Morgan fingerprint density at radius 1 is 1.35 bits per heavy atom. The van der Waals surface area contributed by atoms with Crippen LogP contribution in [0.4, 0.5) is 0 Å². The van der Waals surface area contributed by atoms with Crippen LogP contribution in [0.1, 0.15) is 32.6 Å². The Balaban J connectivity index is 1.70. The molecule has 2 fully saturated rings. The van der Waals surface area contributed by atoms with Crippen molar-refractivity contribution in [3.05, 3.63) is 23.2 Å². The molecule has 3 rings (SSSR count). The monoisotopic (exact) mass is 295 g/mol. The van der Waals surface area contributed by atoms with E-state index in [4.69, 9.17) is 21.1 Å². The van der Waals surface area contributed by atoms with Crippen molar-refractivity contribution in [3.63, 3.8) is 0 Å². The molecule has 0 aromatic heterocycles. The molecule has 0 bridgehead atoms. The lowest BCUT2D eigenvalue weighted by Crippen LogP contribution is -2.24. The summed E-state index contributed by atoms with van der Waals surface area (Å²) >= 11 is 6.03. The molecule has 1 saturated carbocycles. The van der Waals surface area contributed by atoms with Gasteiger partial charge in [-0.15, -0.1) is 0 Å². The van der Waals surface area contributed by atoms with Gasteiger partial charge in [-0.2, -0.15) is 0 Å². The molecule has 1 aliphatic carbocycles. The van der Waals surface area contributed by atoms with Gasteiger partial charge in [0, 0.05) is 11.1 Å². The lowest BCUT2D eigenvalue weighted by molar-refractivity contribution is 0.140. The van der Waals surface area contributed by atoms with Gasteiger partial charge in [-0.25, -0.2) is 0 Å². The van der Waals surface area contributed by atoms with E-state index in [1.165, 1.54) is 6.42 Å². The quantitative estimate of drug-likeness (QED) is 0.869. The molecular formula is C16H22ClNO2. The van der Waals surface area contributed by atoms with Crippen LogP contribution in [0.3, 0.4) is 0 Å². The molecular weight excluding hydrogens is 274 g/mol. The van der Waals surface area contributed by atoms with Crippen molar-refractivity contribution >= 4 is 11.6 Å². The molecule has 1 atom stereocenters. The average molecular weight is 296 g/mol. The maximum atomic E-state index is 6.30. The fourth-order valence-corrected chi connectivity index (χ4v) is 3.13. The van der Waals surface area contributed by atoms with E-state index in [0.717, 1.165) is 49.8 Å². The zero-order valence-electron chi connectivity index (χ0n) is 12.0. The molecule has 1 aliphatic heterocycles. The predicted octanol–water partition coefficient (Wildman–Crippen LogP) is 3.65. The first-order valence-corrected chi connectivity index (χ1v) is 7.91. The summed E-state index contributed by atoms with van der Waals surface area (Å²) < 4.78 is 11.9. The topological polar surface area (TPSA) is 30.5 Å². The third kappa shape index (κ3) is 3.21. The van der Waals surface area contributed by atoms with Gasteiger partial charge in [0.25, 0.3) is 0 Å². The molecule has 4 heteroatoms. The highest BCUT2D eigenvalue weighted by atomic mass is 35.5. The minimum absolute atomic E-state index is 0.0381. The van der Waals surface area contributed by atoms with Gasteiger partial charge in [-0.05, 0) is 63.7 Å². The predicted molar refractivity (Wildman–Crippen MR) is 80.8 cm³/mol. The third-order valence-corrected chi connectivity index (χ3v) is 4.40. The number of hydrogen-bond acceptors (Lipinski definition) is 3. The van der Waals surface area contributed by atoms with E-state index in [2.05, 4.69) is 5.32 Å². The smallest absolute Gasteiger partial charge is 0.162 e. The van der Waals surface area contributed by atoms with Gasteiger partial charge < -0.3 is 14.8 Å². The van der Waals surface area contributed by atoms with Gasteiger partial charge in [-0.1, -0.05) is 11.6 Å². The SMILES string of the molecule is CCOc1cc(Cl)ccc1OC1(CC2CCNC2)CC1. The molecule has 110 valence electrons.